The number of rotatable bonds is 5. The molecule has 3 N–H and O–H groups in total. The van der Waals surface area contributed by atoms with Gasteiger partial charge in [0.25, 0.3) is 5.56 Å². The number of hydrogen-bond donors (Lipinski definition) is 3. The fourth-order valence-electron chi connectivity index (χ4n) is 4.25. The molecule has 2 aromatic carbocycles. The van der Waals surface area contributed by atoms with Crippen LogP contribution >= 0.6 is 11.6 Å². The minimum absolute atomic E-state index is 0.0134. The van der Waals surface area contributed by atoms with Gasteiger partial charge < -0.3 is 20.9 Å². The molecule has 1 aliphatic rings. The molecule has 8 nitrogen and oxygen atoms in total. The van der Waals surface area contributed by atoms with Crippen LogP contribution in [0.1, 0.15) is 25.0 Å². The van der Waals surface area contributed by atoms with Crippen molar-refractivity contribution in [3.05, 3.63) is 81.2 Å². The number of halogens is 4. The van der Waals surface area contributed by atoms with Crippen molar-refractivity contribution in [2.75, 3.05) is 28.6 Å². The van der Waals surface area contributed by atoms with Gasteiger partial charge in [0.2, 0.25) is 0 Å². The second-order valence-corrected chi connectivity index (χ2v) is 9.41. The lowest BCUT2D eigenvalue weighted by atomic mass is 10.1. The molecule has 3 aromatic rings. The smallest absolute Gasteiger partial charge is 0.366 e. The summed E-state index contributed by atoms with van der Waals surface area (Å²) in [6, 6.07) is 10.8. The fraction of sp³-hybridized carbons (Fsp3) is 0.320. The summed E-state index contributed by atoms with van der Waals surface area (Å²) in [5.74, 6) is 0. The quantitative estimate of drug-likeness (QED) is 0.438. The summed E-state index contributed by atoms with van der Waals surface area (Å²) in [5, 5.41) is 12.8. The molecule has 0 aliphatic carbocycles. The molecular formula is C25H26ClF3N6O2. The molecule has 0 spiro atoms. The van der Waals surface area contributed by atoms with Crippen LogP contribution in [0.4, 0.5) is 35.0 Å². The molecule has 37 heavy (non-hydrogen) atoms. The van der Waals surface area contributed by atoms with Crippen LogP contribution in [0.2, 0.25) is 5.02 Å². The van der Waals surface area contributed by atoms with Crippen LogP contribution in [0, 0.1) is 0 Å². The highest BCUT2D eigenvalue weighted by Crippen LogP contribution is 2.30. The Bertz CT molecular complexity index is 1320. The lowest BCUT2D eigenvalue weighted by Gasteiger charge is -2.37. The van der Waals surface area contributed by atoms with Crippen LogP contribution in [0.15, 0.2) is 59.5 Å². The maximum atomic E-state index is 12.9. The first-order chi connectivity index (χ1) is 17.5. The topological polar surface area (TPSA) is 91.3 Å². The van der Waals surface area contributed by atoms with Crippen LogP contribution < -0.4 is 26.4 Å². The number of amides is 2. The Morgan fingerprint density at radius 1 is 1.08 bits per heavy atom. The van der Waals surface area contributed by atoms with Crippen molar-refractivity contribution in [2.24, 2.45) is 0 Å². The number of anilines is 3. The lowest BCUT2D eigenvalue weighted by Crippen LogP contribution is -2.54. The van der Waals surface area contributed by atoms with Gasteiger partial charge in [-0.2, -0.15) is 18.3 Å². The summed E-state index contributed by atoms with van der Waals surface area (Å²) in [5.41, 5.74) is 0.522. The SMILES string of the molecule is CC1CN(c2cnn(Cc3ccc(NC(=O)Nc4cccc(C(F)(F)F)c4)cc3)c(=O)c2Cl)CC(C)N1. The van der Waals surface area contributed by atoms with E-state index < -0.39 is 23.3 Å². The molecule has 1 aliphatic heterocycles. The molecule has 1 fully saturated rings. The van der Waals surface area contributed by atoms with E-state index in [9.17, 15) is 22.8 Å². The van der Waals surface area contributed by atoms with Gasteiger partial charge in [0.1, 0.15) is 5.02 Å². The van der Waals surface area contributed by atoms with Crippen LogP contribution in [0.3, 0.4) is 0 Å². The zero-order valence-electron chi connectivity index (χ0n) is 20.1. The Morgan fingerprint density at radius 2 is 1.73 bits per heavy atom. The number of carbonyl (C=O) groups is 1. The molecule has 2 heterocycles. The third-order valence-corrected chi connectivity index (χ3v) is 6.21. The van der Waals surface area contributed by atoms with Gasteiger partial charge in [0.15, 0.2) is 0 Å². The molecule has 0 bridgehead atoms. The number of carbonyl (C=O) groups excluding carboxylic acids is 1. The summed E-state index contributed by atoms with van der Waals surface area (Å²) in [4.78, 5) is 27.1. The molecule has 196 valence electrons. The Labute approximate surface area is 216 Å². The molecule has 12 heteroatoms. The number of alkyl halides is 3. The van der Waals surface area contributed by atoms with Crippen molar-refractivity contribution in [3.8, 4) is 0 Å². The first-order valence-corrected chi connectivity index (χ1v) is 12.0. The van der Waals surface area contributed by atoms with Crippen molar-refractivity contribution in [1.29, 1.82) is 0 Å². The molecule has 2 unspecified atom stereocenters. The number of nitrogens with one attached hydrogen (secondary N) is 3. The van der Waals surface area contributed by atoms with E-state index in [0.29, 0.717) is 24.5 Å². The van der Waals surface area contributed by atoms with Crippen molar-refractivity contribution in [3.63, 3.8) is 0 Å². The number of aromatic nitrogens is 2. The van der Waals surface area contributed by atoms with Crippen LogP contribution in [-0.4, -0.2) is 41.0 Å². The number of urea groups is 1. The Kier molecular flexibility index (Phi) is 7.74. The second-order valence-electron chi connectivity index (χ2n) is 9.03. The molecule has 0 radical (unpaired) electrons. The summed E-state index contributed by atoms with van der Waals surface area (Å²) in [7, 11) is 0. The normalized spacial score (nSPS) is 17.9. The molecular weight excluding hydrogens is 509 g/mol. The Hall–Kier alpha value is -3.57. The predicted molar refractivity (Wildman–Crippen MR) is 137 cm³/mol. The average molecular weight is 535 g/mol. The average Bonchev–Trinajstić information content (AvgIpc) is 2.82. The zero-order chi connectivity index (χ0) is 26.7. The third-order valence-electron chi connectivity index (χ3n) is 5.86. The highest BCUT2D eigenvalue weighted by atomic mass is 35.5. The number of benzene rings is 2. The Balaban J connectivity index is 1.39. The van der Waals surface area contributed by atoms with Crippen molar-refractivity contribution < 1.29 is 18.0 Å². The van der Waals surface area contributed by atoms with E-state index in [1.54, 1.807) is 30.5 Å². The van der Waals surface area contributed by atoms with Crippen molar-refractivity contribution in [1.82, 2.24) is 15.1 Å². The van der Waals surface area contributed by atoms with Gasteiger partial charge in [-0.1, -0.05) is 29.8 Å². The van der Waals surface area contributed by atoms with Gasteiger partial charge in [0.05, 0.1) is 24.0 Å². The minimum Gasteiger partial charge on any atom is -0.366 e. The third kappa shape index (κ3) is 6.60. The highest BCUT2D eigenvalue weighted by Gasteiger charge is 2.30. The van der Waals surface area contributed by atoms with E-state index >= 15 is 0 Å². The summed E-state index contributed by atoms with van der Waals surface area (Å²) in [6.07, 6.45) is -2.91. The van der Waals surface area contributed by atoms with E-state index in [2.05, 4.69) is 39.8 Å². The van der Waals surface area contributed by atoms with Gasteiger partial charge >= 0.3 is 12.2 Å². The van der Waals surface area contributed by atoms with Crippen LogP contribution in [0.5, 0.6) is 0 Å². The first kappa shape index (κ1) is 26.5. The van der Waals surface area contributed by atoms with Crippen LogP contribution in [-0.2, 0) is 12.7 Å². The molecule has 1 aromatic heterocycles. The maximum Gasteiger partial charge on any atom is 0.416 e. The summed E-state index contributed by atoms with van der Waals surface area (Å²) in [6.45, 7) is 5.73. The fourth-order valence-corrected chi connectivity index (χ4v) is 4.51. The van der Waals surface area contributed by atoms with E-state index in [1.807, 2.05) is 0 Å². The predicted octanol–water partition coefficient (Wildman–Crippen LogP) is 4.79. The van der Waals surface area contributed by atoms with E-state index in [1.165, 1.54) is 16.8 Å². The molecule has 1 saturated heterocycles. The highest BCUT2D eigenvalue weighted by molar-refractivity contribution is 6.33. The number of hydrogen-bond acceptors (Lipinski definition) is 5. The first-order valence-electron chi connectivity index (χ1n) is 11.6. The number of nitrogens with zero attached hydrogens (tertiary/aromatic N) is 3. The lowest BCUT2D eigenvalue weighted by molar-refractivity contribution is -0.137. The largest absolute Gasteiger partial charge is 0.416 e. The summed E-state index contributed by atoms with van der Waals surface area (Å²) >= 11 is 6.42. The van der Waals surface area contributed by atoms with E-state index in [4.69, 9.17) is 11.6 Å². The van der Waals surface area contributed by atoms with Gasteiger partial charge in [0, 0.05) is 36.5 Å². The van der Waals surface area contributed by atoms with Crippen molar-refractivity contribution >= 4 is 34.7 Å². The standard InChI is InChI=1S/C25H26ClF3N6O2/c1-15-12-34(13-16(2)31-15)21-11-30-35(23(36)22(21)26)14-17-6-8-19(9-7-17)32-24(37)33-20-5-3-4-18(10-20)25(27,28)29/h3-11,15-16,31H,12-14H2,1-2H3,(H2,32,33,37). The van der Waals surface area contributed by atoms with Gasteiger partial charge in [-0.3, -0.25) is 4.79 Å². The Morgan fingerprint density at radius 3 is 2.38 bits per heavy atom. The molecule has 0 saturated carbocycles. The van der Waals surface area contributed by atoms with Crippen molar-refractivity contribution in [2.45, 2.75) is 38.7 Å². The minimum atomic E-state index is -4.51. The summed E-state index contributed by atoms with van der Waals surface area (Å²) < 4.78 is 39.8. The van der Waals surface area contributed by atoms with Gasteiger partial charge in [-0.25, -0.2) is 9.48 Å². The van der Waals surface area contributed by atoms with Gasteiger partial charge in [-0.05, 0) is 49.7 Å². The zero-order valence-corrected chi connectivity index (χ0v) is 20.9. The molecule has 2 amide bonds. The number of piperazine rings is 1. The molecule has 2 atom stereocenters. The van der Waals surface area contributed by atoms with Gasteiger partial charge in [-0.15, -0.1) is 0 Å². The maximum absolute atomic E-state index is 12.9. The monoisotopic (exact) mass is 534 g/mol. The second kappa shape index (κ2) is 10.8. The van der Waals surface area contributed by atoms with E-state index in [0.717, 1.165) is 17.7 Å². The van der Waals surface area contributed by atoms with E-state index in [-0.39, 0.29) is 29.3 Å². The van der Waals surface area contributed by atoms with Crippen LogP contribution in [0.25, 0.3) is 0 Å². The molecule has 4 rings (SSSR count).